The summed E-state index contributed by atoms with van der Waals surface area (Å²) in [5.74, 6) is -1.47. The number of hydrogen-bond donors (Lipinski definition) is 5. The molecule has 9 nitrogen and oxygen atoms in total. The van der Waals surface area contributed by atoms with Gasteiger partial charge in [0.2, 0.25) is 12.2 Å². The predicted octanol–water partition coefficient (Wildman–Crippen LogP) is 1.27. The molecule has 196 valence electrons. The Morgan fingerprint density at radius 3 is 2.26 bits per heavy atom. The Morgan fingerprint density at radius 2 is 1.80 bits per heavy atom. The largest absolute Gasteiger partial charge is 0.400 e. The zero-order chi connectivity index (χ0) is 26.9. The molecule has 1 saturated heterocycles. The van der Waals surface area contributed by atoms with E-state index in [9.17, 15) is 40.7 Å². The molecule has 2 amide bonds. The van der Waals surface area contributed by atoms with E-state index in [2.05, 4.69) is 16.1 Å². The van der Waals surface area contributed by atoms with Crippen LogP contribution in [0.3, 0.4) is 0 Å². The summed E-state index contributed by atoms with van der Waals surface area (Å²) in [6, 6.07) is -0.127. The number of alkyl halides is 3. The highest BCUT2D eigenvalue weighted by Crippen LogP contribution is 2.26. The summed E-state index contributed by atoms with van der Waals surface area (Å²) in [5, 5.41) is 4.72. The van der Waals surface area contributed by atoms with Gasteiger partial charge >= 0.3 is 6.18 Å². The van der Waals surface area contributed by atoms with Crippen molar-refractivity contribution in [2.45, 2.75) is 38.0 Å². The van der Waals surface area contributed by atoms with E-state index >= 15 is 0 Å². The second-order valence-corrected chi connectivity index (χ2v) is 7.50. The highest BCUT2D eigenvalue weighted by atomic mass is 19.4. The van der Waals surface area contributed by atoms with Crippen molar-refractivity contribution in [1.82, 2.24) is 15.6 Å². The average molecular weight is 512 g/mol. The fourth-order valence-corrected chi connectivity index (χ4v) is 3.35. The topological polar surface area (TPSA) is 143 Å². The number of likely N-dealkylation sites (tertiary alicyclic amines) is 1. The fraction of sp³-hybridized carbons (Fsp3) is 0.450. The molecule has 1 aromatic carbocycles. The van der Waals surface area contributed by atoms with E-state index in [1.807, 2.05) is 0 Å². The number of carbonyl (C=O) groups excluding carboxylic acids is 3. The van der Waals surface area contributed by atoms with Gasteiger partial charge in [-0.3, -0.25) is 20.2 Å². The lowest BCUT2D eigenvalue weighted by Crippen LogP contribution is -2.39. The first kappa shape index (κ1) is 29.7. The molecule has 1 heterocycles. The minimum atomic E-state index is -4.25. The Balaban J connectivity index is 0.000000405. The number of carbonyl (C=O) groups is 3. The van der Waals surface area contributed by atoms with Crippen molar-refractivity contribution in [3.8, 4) is 0 Å². The normalized spacial score (nSPS) is 18.9. The number of hydrogen-bond acceptors (Lipinski definition) is 7. The third-order valence-corrected chi connectivity index (χ3v) is 5.16. The molecule has 2 rings (SSSR count). The molecule has 0 saturated carbocycles. The van der Waals surface area contributed by atoms with Crippen molar-refractivity contribution < 1.29 is 40.7 Å². The van der Waals surface area contributed by atoms with Gasteiger partial charge in [-0.1, -0.05) is 0 Å². The third kappa shape index (κ3) is 8.75. The van der Waals surface area contributed by atoms with Crippen LogP contribution in [0.2, 0.25) is 0 Å². The van der Waals surface area contributed by atoms with E-state index in [4.69, 9.17) is 11.6 Å². The Hall–Kier alpha value is -3.33. The van der Waals surface area contributed by atoms with Crippen molar-refractivity contribution >= 4 is 23.8 Å². The number of aldehydes is 1. The molecule has 1 aliphatic rings. The summed E-state index contributed by atoms with van der Waals surface area (Å²) in [6.45, 7) is 1.84. The predicted molar refractivity (Wildman–Crippen MR) is 113 cm³/mol. The maximum Gasteiger partial charge on any atom is 0.390 e. The summed E-state index contributed by atoms with van der Waals surface area (Å²) >= 11 is 0. The van der Waals surface area contributed by atoms with E-state index in [0.29, 0.717) is 18.6 Å². The van der Waals surface area contributed by atoms with Crippen molar-refractivity contribution in [2.75, 3.05) is 18.9 Å². The van der Waals surface area contributed by atoms with Crippen LogP contribution in [0.1, 0.15) is 19.8 Å². The molecule has 0 radical (unpaired) electrons. The number of anilines is 1. The molecule has 0 aliphatic carbocycles. The van der Waals surface area contributed by atoms with E-state index in [1.54, 1.807) is 6.92 Å². The minimum absolute atomic E-state index is 0.0160. The number of benzene rings is 1. The standard InChI is InChI=1S/C14H13F3N2O3.C6H13F3N4/c1-7-9(2-3-19(7)12(21)6-20)14(22)18-8-4-10(15)13(17)11(16)5-8;1-12-5(2-6(7,8)9)4(10)3-13-11/h4-7,9H,2-3H2,1H3,(H,18,22);3,5,12-13H,2,10-11H2,1H3/b;4-3-. The van der Waals surface area contributed by atoms with E-state index in [1.165, 1.54) is 11.9 Å². The lowest BCUT2D eigenvalue weighted by atomic mass is 10.0. The van der Waals surface area contributed by atoms with Crippen LogP contribution in [0.25, 0.3) is 0 Å². The van der Waals surface area contributed by atoms with Crippen LogP contribution < -0.4 is 27.6 Å². The third-order valence-electron chi connectivity index (χ3n) is 5.16. The number of hydrazine groups is 1. The van der Waals surface area contributed by atoms with Crippen molar-refractivity contribution in [3.63, 3.8) is 0 Å². The molecule has 3 unspecified atom stereocenters. The van der Waals surface area contributed by atoms with E-state index in [0.717, 1.165) is 6.20 Å². The maximum atomic E-state index is 13.1. The lowest BCUT2D eigenvalue weighted by molar-refractivity contribution is -0.139. The van der Waals surface area contributed by atoms with Gasteiger partial charge < -0.3 is 26.7 Å². The van der Waals surface area contributed by atoms with Gasteiger partial charge in [0.25, 0.3) is 5.91 Å². The maximum absolute atomic E-state index is 13.1. The number of amides is 2. The highest BCUT2D eigenvalue weighted by molar-refractivity contribution is 6.23. The Labute approximate surface area is 196 Å². The Bertz CT molecular complexity index is 919. The van der Waals surface area contributed by atoms with Gasteiger partial charge in [0.05, 0.1) is 18.4 Å². The summed E-state index contributed by atoms with van der Waals surface area (Å²) < 4.78 is 74.8. The first-order valence-electron chi connectivity index (χ1n) is 10.1. The van der Waals surface area contributed by atoms with Gasteiger partial charge in [0.15, 0.2) is 17.5 Å². The fourth-order valence-electron chi connectivity index (χ4n) is 3.35. The molecule has 0 spiro atoms. The molecule has 0 aromatic heterocycles. The highest BCUT2D eigenvalue weighted by Gasteiger charge is 2.38. The number of nitrogens with one attached hydrogen (secondary N) is 3. The summed E-state index contributed by atoms with van der Waals surface area (Å²) in [5.41, 5.74) is 7.18. The number of likely N-dealkylation sites (N-methyl/N-ethyl adjacent to an activating group) is 1. The van der Waals surface area contributed by atoms with Gasteiger partial charge in [-0.15, -0.1) is 0 Å². The quantitative estimate of drug-likeness (QED) is 0.0925. The molecule has 15 heteroatoms. The minimum Gasteiger partial charge on any atom is -0.400 e. The Kier molecular flexibility index (Phi) is 11.0. The molecule has 0 bridgehead atoms. The molecular formula is C20H26F6N6O3. The van der Waals surface area contributed by atoms with Gasteiger partial charge in [0, 0.05) is 42.3 Å². The molecular weight excluding hydrogens is 486 g/mol. The molecule has 1 aliphatic heterocycles. The van der Waals surface area contributed by atoms with Crippen LogP contribution >= 0.6 is 0 Å². The molecule has 1 fully saturated rings. The number of rotatable bonds is 7. The summed E-state index contributed by atoms with van der Waals surface area (Å²) in [7, 11) is 1.40. The van der Waals surface area contributed by atoms with Gasteiger partial charge in [-0.2, -0.15) is 13.2 Å². The van der Waals surface area contributed by atoms with Crippen LogP contribution in [0, 0.1) is 23.4 Å². The number of nitrogens with zero attached hydrogens (tertiary/aromatic N) is 1. The smallest absolute Gasteiger partial charge is 0.390 e. The van der Waals surface area contributed by atoms with Crippen LogP contribution in [0.5, 0.6) is 0 Å². The monoisotopic (exact) mass is 512 g/mol. The van der Waals surface area contributed by atoms with Gasteiger partial charge in [0.1, 0.15) is 0 Å². The van der Waals surface area contributed by atoms with Crippen LogP contribution in [0.4, 0.5) is 32.0 Å². The van der Waals surface area contributed by atoms with E-state index in [-0.39, 0.29) is 24.2 Å². The van der Waals surface area contributed by atoms with Crippen LogP contribution in [0.15, 0.2) is 24.0 Å². The zero-order valence-corrected chi connectivity index (χ0v) is 18.8. The lowest BCUT2D eigenvalue weighted by Gasteiger charge is -2.22. The first-order valence-corrected chi connectivity index (χ1v) is 10.1. The van der Waals surface area contributed by atoms with Crippen molar-refractivity contribution in [3.05, 3.63) is 41.5 Å². The number of nitrogens with two attached hydrogens (primary N) is 2. The SMILES string of the molecule is CC1C(C(=O)Nc2cc(F)c(F)c(F)c2)CCN1C(=O)C=O.CNC(CC(F)(F)F)/C(N)=C/NN. The molecule has 3 atom stereocenters. The van der Waals surface area contributed by atoms with E-state index < -0.39 is 59.9 Å². The van der Waals surface area contributed by atoms with Crippen molar-refractivity contribution in [1.29, 1.82) is 0 Å². The van der Waals surface area contributed by atoms with Crippen LogP contribution in [-0.4, -0.2) is 54.9 Å². The Morgan fingerprint density at radius 1 is 1.23 bits per heavy atom. The molecule has 7 N–H and O–H groups in total. The number of halogens is 6. The zero-order valence-electron chi connectivity index (χ0n) is 18.8. The second kappa shape index (κ2) is 12.9. The first-order chi connectivity index (χ1) is 16.2. The summed E-state index contributed by atoms with van der Waals surface area (Å²) in [4.78, 5) is 35.2. The van der Waals surface area contributed by atoms with Gasteiger partial charge in [-0.25, -0.2) is 13.2 Å². The summed E-state index contributed by atoms with van der Waals surface area (Å²) in [6.07, 6.45) is -3.67. The van der Waals surface area contributed by atoms with Crippen molar-refractivity contribution in [2.24, 2.45) is 17.5 Å². The molecule has 1 aromatic rings. The average Bonchev–Trinajstić information content (AvgIpc) is 3.16. The second-order valence-electron chi connectivity index (χ2n) is 7.50. The van der Waals surface area contributed by atoms with Crippen LogP contribution in [-0.2, 0) is 14.4 Å². The van der Waals surface area contributed by atoms with Gasteiger partial charge in [-0.05, 0) is 20.4 Å². The molecule has 35 heavy (non-hydrogen) atoms.